The lowest BCUT2D eigenvalue weighted by molar-refractivity contribution is 0.632. The summed E-state index contributed by atoms with van der Waals surface area (Å²) in [5, 5.41) is 9.24. The molecule has 32 heavy (non-hydrogen) atoms. The van der Waals surface area contributed by atoms with Gasteiger partial charge in [-0.25, -0.2) is 9.97 Å². The van der Waals surface area contributed by atoms with Crippen LogP contribution in [-0.2, 0) is 0 Å². The quantitative estimate of drug-likeness (QED) is 0.474. The smallest absolute Gasteiger partial charge is 0.225 e. The van der Waals surface area contributed by atoms with E-state index in [0.717, 1.165) is 60.3 Å². The maximum Gasteiger partial charge on any atom is 0.225 e. The van der Waals surface area contributed by atoms with Crippen molar-refractivity contribution >= 4 is 24.2 Å². The number of anilines is 2. The highest BCUT2D eigenvalue weighted by atomic mass is 35.5. The van der Waals surface area contributed by atoms with Crippen LogP contribution >= 0.6 is 12.4 Å². The van der Waals surface area contributed by atoms with Gasteiger partial charge in [-0.3, -0.25) is 0 Å². The van der Waals surface area contributed by atoms with Crippen molar-refractivity contribution < 1.29 is 5.48 Å². The van der Waals surface area contributed by atoms with Gasteiger partial charge in [-0.15, -0.1) is 22.6 Å². The van der Waals surface area contributed by atoms with Crippen LogP contribution in [0.4, 0.5) is 11.8 Å². The zero-order chi connectivity index (χ0) is 20.2. The molecule has 4 aromatic rings. The van der Waals surface area contributed by atoms with Gasteiger partial charge in [0, 0.05) is 49.7 Å². The Bertz CT molecular complexity index is 1110. The summed E-state index contributed by atoms with van der Waals surface area (Å²) in [7, 11) is 0. The number of hydrogen-bond donors (Lipinski definition) is 0. The third kappa shape index (κ3) is 4.85. The van der Waals surface area contributed by atoms with Crippen molar-refractivity contribution in [3.05, 3.63) is 85.2 Å². The van der Waals surface area contributed by atoms with Crippen molar-refractivity contribution in [2.45, 2.75) is 0 Å². The summed E-state index contributed by atoms with van der Waals surface area (Å²) in [5.41, 5.74) is 4.21. The molecule has 0 atom stereocenters. The molecule has 0 bridgehead atoms. The van der Waals surface area contributed by atoms with E-state index < -0.39 is 0 Å². The molecule has 1 fully saturated rings. The van der Waals surface area contributed by atoms with Crippen LogP contribution in [0.5, 0.6) is 0 Å². The summed E-state index contributed by atoms with van der Waals surface area (Å²) >= 11 is 0. The van der Waals surface area contributed by atoms with Gasteiger partial charge in [-0.05, 0) is 17.7 Å². The predicted octanol–water partition coefficient (Wildman–Crippen LogP) is 3.52. The predicted molar refractivity (Wildman–Crippen MR) is 130 cm³/mol. The van der Waals surface area contributed by atoms with E-state index in [2.05, 4.69) is 72.4 Å². The molecular formula is C24H25ClN6O. The molecule has 2 N–H and O–H groups in total. The Morgan fingerprint density at radius 1 is 0.625 bits per heavy atom. The number of halogens is 1. The minimum atomic E-state index is 0. The minimum Gasteiger partial charge on any atom is -0.412 e. The van der Waals surface area contributed by atoms with Crippen LogP contribution in [0.3, 0.4) is 0 Å². The van der Waals surface area contributed by atoms with E-state index >= 15 is 0 Å². The van der Waals surface area contributed by atoms with E-state index in [0.29, 0.717) is 0 Å². The number of nitrogens with zero attached hydrogens (tertiary/aromatic N) is 6. The van der Waals surface area contributed by atoms with Gasteiger partial charge in [0.1, 0.15) is 0 Å². The highest BCUT2D eigenvalue weighted by Crippen LogP contribution is 2.32. The monoisotopic (exact) mass is 448 g/mol. The topological polar surface area (TPSA) is 89.5 Å². The molecule has 2 aromatic carbocycles. The van der Waals surface area contributed by atoms with Crippen molar-refractivity contribution in [3.8, 4) is 22.4 Å². The van der Waals surface area contributed by atoms with Crippen molar-refractivity contribution in [3.63, 3.8) is 0 Å². The van der Waals surface area contributed by atoms with Gasteiger partial charge < -0.3 is 15.3 Å². The van der Waals surface area contributed by atoms with Crippen molar-refractivity contribution in [1.29, 1.82) is 0 Å². The molecule has 0 radical (unpaired) electrons. The Morgan fingerprint density at radius 3 is 1.81 bits per heavy atom. The normalized spacial score (nSPS) is 13.1. The second-order valence-corrected chi connectivity index (χ2v) is 7.22. The number of piperazine rings is 1. The first-order valence-electron chi connectivity index (χ1n) is 10.1. The number of rotatable bonds is 4. The summed E-state index contributed by atoms with van der Waals surface area (Å²) in [4.78, 5) is 13.3. The average molecular weight is 449 g/mol. The fraction of sp³-hybridized carbons (Fsp3) is 0.167. The van der Waals surface area contributed by atoms with E-state index in [-0.39, 0.29) is 17.9 Å². The molecule has 1 saturated heterocycles. The van der Waals surface area contributed by atoms with Crippen molar-refractivity contribution in [2.24, 2.45) is 0 Å². The fourth-order valence-electron chi connectivity index (χ4n) is 3.77. The molecule has 0 unspecified atom stereocenters. The van der Waals surface area contributed by atoms with Gasteiger partial charge in [0.05, 0.1) is 5.69 Å². The molecule has 8 heteroatoms. The molecular weight excluding hydrogens is 424 g/mol. The maximum absolute atomic E-state index is 4.68. The zero-order valence-electron chi connectivity index (χ0n) is 17.5. The summed E-state index contributed by atoms with van der Waals surface area (Å²) in [6.07, 6.45) is 3.58. The van der Waals surface area contributed by atoms with E-state index in [1.807, 2.05) is 30.3 Å². The van der Waals surface area contributed by atoms with Crippen LogP contribution in [0.25, 0.3) is 22.4 Å². The third-order valence-corrected chi connectivity index (χ3v) is 5.34. The lowest BCUT2D eigenvalue weighted by atomic mass is 10.0. The Morgan fingerprint density at radius 2 is 1.19 bits per heavy atom. The second-order valence-electron chi connectivity index (χ2n) is 7.22. The number of benzene rings is 2. The maximum atomic E-state index is 4.68. The Hall–Kier alpha value is -3.55. The summed E-state index contributed by atoms with van der Waals surface area (Å²) in [6, 6.07) is 24.6. The number of hydrogen-bond acceptors (Lipinski definition) is 6. The largest absolute Gasteiger partial charge is 0.412 e. The third-order valence-electron chi connectivity index (χ3n) is 5.34. The first-order valence-corrected chi connectivity index (χ1v) is 10.1. The molecule has 0 saturated carbocycles. The lowest BCUT2D eigenvalue weighted by Crippen LogP contribution is -2.47. The van der Waals surface area contributed by atoms with Crippen LogP contribution in [-0.4, -0.2) is 51.8 Å². The standard InChI is InChI=1S/C24H22N6.ClH.H2O/c1-3-8-19(9-4-1)21-18-22(20-10-5-2-6-11-20)27-28-23(21)29-14-16-30(17-15-29)24-25-12-7-13-26-24;;/h1-13,18H,14-17H2;1H;1H2. The Kier molecular flexibility index (Phi) is 7.70. The van der Waals surface area contributed by atoms with Gasteiger partial charge in [-0.1, -0.05) is 60.7 Å². The van der Waals surface area contributed by atoms with E-state index in [4.69, 9.17) is 0 Å². The highest BCUT2D eigenvalue weighted by Gasteiger charge is 2.23. The molecule has 0 amide bonds. The van der Waals surface area contributed by atoms with Gasteiger partial charge in [0.2, 0.25) is 5.95 Å². The average Bonchev–Trinajstić information content (AvgIpc) is 2.85. The molecule has 5 rings (SSSR count). The minimum absolute atomic E-state index is 0. The van der Waals surface area contributed by atoms with Crippen LogP contribution in [0.1, 0.15) is 0 Å². The van der Waals surface area contributed by atoms with Crippen molar-refractivity contribution in [2.75, 3.05) is 36.0 Å². The fourth-order valence-corrected chi connectivity index (χ4v) is 3.77. The molecule has 1 aliphatic rings. The first-order chi connectivity index (χ1) is 14.9. The summed E-state index contributed by atoms with van der Waals surface area (Å²) in [5.74, 6) is 1.71. The van der Waals surface area contributed by atoms with E-state index in [1.54, 1.807) is 12.4 Å². The summed E-state index contributed by atoms with van der Waals surface area (Å²) in [6.45, 7) is 3.38. The highest BCUT2D eigenvalue weighted by molar-refractivity contribution is 5.85. The number of aromatic nitrogens is 4. The molecule has 0 spiro atoms. The van der Waals surface area contributed by atoms with Gasteiger partial charge in [0.15, 0.2) is 5.82 Å². The molecule has 1 aliphatic heterocycles. The molecule has 2 aromatic heterocycles. The van der Waals surface area contributed by atoms with Crippen LogP contribution < -0.4 is 9.80 Å². The lowest BCUT2D eigenvalue weighted by Gasteiger charge is -2.36. The van der Waals surface area contributed by atoms with E-state index in [1.165, 1.54) is 0 Å². The van der Waals surface area contributed by atoms with E-state index in [9.17, 15) is 0 Å². The zero-order valence-corrected chi connectivity index (χ0v) is 18.3. The molecule has 3 heterocycles. The SMILES string of the molecule is Cl.O.c1ccc(-c2cc(-c3ccccc3)c(N3CCN(c4ncccn4)CC3)nn2)cc1. The Labute approximate surface area is 193 Å². The van der Waals surface area contributed by atoms with Gasteiger partial charge in [0.25, 0.3) is 0 Å². The Balaban J connectivity index is 0.00000144. The molecule has 164 valence electrons. The second kappa shape index (κ2) is 10.7. The van der Waals surface area contributed by atoms with Gasteiger partial charge >= 0.3 is 0 Å². The summed E-state index contributed by atoms with van der Waals surface area (Å²) < 4.78 is 0. The van der Waals surface area contributed by atoms with Crippen LogP contribution in [0.2, 0.25) is 0 Å². The van der Waals surface area contributed by atoms with Crippen LogP contribution in [0.15, 0.2) is 85.2 Å². The molecule has 7 nitrogen and oxygen atoms in total. The van der Waals surface area contributed by atoms with Crippen LogP contribution in [0, 0.1) is 0 Å². The van der Waals surface area contributed by atoms with Gasteiger partial charge in [-0.2, -0.15) is 0 Å². The van der Waals surface area contributed by atoms with Crippen molar-refractivity contribution in [1.82, 2.24) is 20.2 Å². The molecule has 0 aliphatic carbocycles. The first kappa shape index (κ1) is 23.1.